The summed E-state index contributed by atoms with van der Waals surface area (Å²) in [6.45, 7) is 0. The second-order valence-electron chi connectivity index (χ2n) is 4.23. The van der Waals surface area contributed by atoms with Gasteiger partial charge in [0.1, 0.15) is 0 Å². The number of carbonyl (C=O) groups excluding carboxylic acids is 1. The molecule has 1 heterocycles. The molecule has 0 saturated heterocycles. The van der Waals surface area contributed by atoms with Gasteiger partial charge in [-0.25, -0.2) is 0 Å². The number of carbonyl (C=O) groups is 1. The third-order valence-corrected chi connectivity index (χ3v) is 3.51. The molecular formula is C12H11ClN4O. The second-order valence-corrected chi connectivity index (χ2v) is 4.79. The molecular weight excluding hydrogens is 252 g/mol. The summed E-state index contributed by atoms with van der Waals surface area (Å²) >= 11 is 6.29. The Hall–Kier alpha value is -1.88. The van der Waals surface area contributed by atoms with Crippen LogP contribution in [-0.2, 0) is 6.42 Å². The van der Waals surface area contributed by atoms with Gasteiger partial charge in [-0.3, -0.25) is 4.79 Å². The summed E-state index contributed by atoms with van der Waals surface area (Å²) in [7, 11) is 0. The number of benzene rings is 1. The highest BCUT2D eigenvalue weighted by atomic mass is 35.5. The predicted octanol–water partition coefficient (Wildman–Crippen LogP) is 1.44. The highest BCUT2D eigenvalue weighted by molar-refractivity contribution is 6.21. The third kappa shape index (κ3) is 1.86. The largest absolute Gasteiger partial charge is 0.342 e. The number of halogens is 1. The van der Waals surface area contributed by atoms with Crippen molar-refractivity contribution in [3.05, 3.63) is 47.3 Å². The van der Waals surface area contributed by atoms with E-state index in [0.29, 0.717) is 0 Å². The summed E-state index contributed by atoms with van der Waals surface area (Å²) in [5.41, 5.74) is 2.53. The first-order valence-corrected chi connectivity index (χ1v) is 6.08. The van der Waals surface area contributed by atoms with Gasteiger partial charge in [0.15, 0.2) is 5.69 Å². The minimum absolute atomic E-state index is 0.127. The quantitative estimate of drug-likeness (QED) is 0.805. The highest BCUT2D eigenvalue weighted by Gasteiger charge is 2.32. The van der Waals surface area contributed by atoms with Gasteiger partial charge in [-0.2, -0.15) is 15.4 Å². The summed E-state index contributed by atoms with van der Waals surface area (Å²) in [5, 5.41) is 12.5. The van der Waals surface area contributed by atoms with Crippen LogP contribution in [0.15, 0.2) is 30.5 Å². The van der Waals surface area contributed by atoms with Gasteiger partial charge in [0.25, 0.3) is 5.91 Å². The molecule has 3 rings (SSSR count). The molecule has 18 heavy (non-hydrogen) atoms. The number of nitrogens with zero attached hydrogens (tertiary/aromatic N) is 2. The fraction of sp³-hybridized carbons (Fsp3) is 0.250. The van der Waals surface area contributed by atoms with E-state index in [0.717, 1.165) is 12.0 Å². The Bertz CT molecular complexity index is 569. The number of hydrogen-bond acceptors (Lipinski definition) is 3. The minimum atomic E-state index is -0.267. The standard InChI is InChI=1S/C12H11ClN4O/c13-9-5-7-3-1-2-4-8(7)11(9)15-12(18)10-6-14-17-16-10/h1-4,6,9,11H,5H2,(H,15,18)(H,14,16,17). The fourth-order valence-electron chi connectivity index (χ4n) is 2.24. The van der Waals surface area contributed by atoms with Crippen LogP contribution in [0.4, 0.5) is 0 Å². The Balaban J connectivity index is 1.83. The minimum Gasteiger partial charge on any atom is -0.342 e. The Kier molecular flexibility index (Phi) is 2.76. The maximum absolute atomic E-state index is 11.9. The number of nitrogens with one attached hydrogen (secondary N) is 2. The highest BCUT2D eigenvalue weighted by Crippen LogP contribution is 2.34. The molecule has 1 aromatic carbocycles. The number of H-pyrrole nitrogens is 1. The summed E-state index contributed by atoms with van der Waals surface area (Å²) in [6.07, 6.45) is 2.15. The lowest BCUT2D eigenvalue weighted by Gasteiger charge is -2.16. The van der Waals surface area contributed by atoms with E-state index in [1.165, 1.54) is 11.8 Å². The Morgan fingerprint density at radius 3 is 3.06 bits per heavy atom. The Morgan fingerprint density at radius 1 is 1.44 bits per heavy atom. The smallest absolute Gasteiger partial charge is 0.273 e. The third-order valence-electron chi connectivity index (χ3n) is 3.10. The normalized spacial score (nSPS) is 21.6. The van der Waals surface area contributed by atoms with E-state index >= 15 is 0 Å². The van der Waals surface area contributed by atoms with Gasteiger partial charge >= 0.3 is 0 Å². The first kappa shape index (κ1) is 11.2. The summed E-state index contributed by atoms with van der Waals surface area (Å²) in [6, 6.07) is 7.78. The zero-order chi connectivity index (χ0) is 12.5. The van der Waals surface area contributed by atoms with Crippen molar-refractivity contribution in [3.63, 3.8) is 0 Å². The molecule has 1 aliphatic carbocycles. The van der Waals surface area contributed by atoms with Crippen molar-refractivity contribution < 1.29 is 4.79 Å². The van der Waals surface area contributed by atoms with Crippen LogP contribution in [0.2, 0.25) is 0 Å². The number of alkyl halides is 1. The van der Waals surface area contributed by atoms with Crippen LogP contribution < -0.4 is 5.32 Å². The molecule has 0 spiro atoms. The van der Waals surface area contributed by atoms with Crippen LogP contribution in [-0.4, -0.2) is 26.7 Å². The van der Waals surface area contributed by atoms with Crippen molar-refractivity contribution >= 4 is 17.5 Å². The van der Waals surface area contributed by atoms with E-state index in [1.807, 2.05) is 24.3 Å². The average Bonchev–Trinajstić information content (AvgIpc) is 2.98. The molecule has 5 nitrogen and oxygen atoms in total. The van der Waals surface area contributed by atoms with Crippen LogP contribution in [0, 0.1) is 0 Å². The number of amides is 1. The van der Waals surface area contributed by atoms with Crippen molar-refractivity contribution in [1.29, 1.82) is 0 Å². The Morgan fingerprint density at radius 2 is 2.28 bits per heavy atom. The SMILES string of the molecule is O=C(NC1c2ccccc2CC1Cl)c1cn[nH]n1. The van der Waals surface area contributed by atoms with Gasteiger partial charge in [0.2, 0.25) is 0 Å². The lowest BCUT2D eigenvalue weighted by Crippen LogP contribution is -2.32. The van der Waals surface area contributed by atoms with Crippen LogP contribution in [0.25, 0.3) is 0 Å². The van der Waals surface area contributed by atoms with Crippen LogP contribution in [0.3, 0.4) is 0 Å². The van der Waals surface area contributed by atoms with Crippen molar-refractivity contribution in [2.24, 2.45) is 0 Å². The zero-order valence-corrected chi connectivity index (χ0v) is 10.2. The van der Waals surface area contributed by atoms with E-state index in [9.17, 15) is 4.79 Å². The van der Waals surface area contributed by atoms with Gasteiger partial charge in [-0.1, -0.05) is 24.3 Å². The molecule has 0 radical (unpaired) electrons. The van der Waals surface area contributed by atoms with Crippen LogP contribution >= 0.6 is 11.6 Å². The molecule has 1 aromatic heterocycles. The molecule has 92 valence electrons. The first-order chi connectivity index (χ1) is 8.75. The van der Waals surface area contributed by atoms with Gasteiger partial charge < -0.3 is 5.32 Å². The van der Waals surface area contributed by atoms with E-state index in [4.69, 9.17) is 11.6 Å². The number of rotatable bonds is 2. The maximum atomic E-state index is 11.9. The summed E-state index contributed by atoms with van der Waals surface area (Å²) in [5.74, 6) is -0.267. The van der Waals surface area contributed by atoms with Gasteiger partial charge in [0, 0.05) is 0 Å². The van der Waals surface area contributed by atoms with E-state index < -0.39 is 0 Å². The van der Waals surface area contributed by atoms with Crippen molar-refractivity contribution in [3.8, 4) is 0 Å². The molecule has 0 bridgehead atoms. The van der Waals surface area contributed by atoms with E-state index in [1.54, 1.807) is 0 Å². The molecule has 6 heteroatoms. The lowest BCUT2D eigenvalue weighted by molar-refractivity contribution is 0.0932. The Labute approximate surface area is 109 Å². The number of aromatic nitrogens is 3. The predicted molar refractivity (Wildman–Crippen MR) is 66.4 cm³/mol. The van der Waals surface area contributed by atoms with Crippen molar-refractivity contribution in [1.82, 2.24) is 20.7 Å². The maximum Gasteiger partial charge on any atom is 0.273 e. The van der Waals surface area contributed by atoms with Crippen molar-refractivity contribution in [2.45, 2.75) is 17.8 Å². The topological polar surface area (TPSA) is 70.7 Å². The van der Waals surface area contributed by atoms with Gasteiger partial charge in [0.05, 0.1) is 17.6 Å². The average molecular weight is 263 g/mol. The van der Waals surface area contributed by atoms with Gasteiger partial charge in [-0.05, 0) is 17.5 Å². The molecule has 1 aliphatic rings. The molecule has 0 aliphatic heterocycles. The van der Waals surface area contributed by atoms with Crippen LogP contribution in [0.5, 0.6) is 0 Å². The zero-order valence-electron chi connectivity index (χ0n) is 9.43. The summed E-state index contributed by atoms with van der Waals surface area (Å²) < 4.78 is 0. The molecule has 2 aromatic rings. The molecule has 0 fully saturated rings. The van der Waals surface area contributed by atoms with E-state index in [2.05, 4.69) is 20.7 Å². The molecule has 2 unspecified atom stereocenters. The van der Waals surface area contributed by atoms with Crippen LogP contribution in [0.1, 0.15) is 27.7 Å². The molecule has 0 saturated carbocycles. The molecule has 2 N–H and O–H groups in total. The summed E-state index contributed by atoms with van der Waals surface area (Å²) in [4.78, 5) is 11.9. The lowest BCUT2D eigenvalue weighted by atomic mass is 10.1. The number of aromatic amines is 1. The number of fused-ring (bicyclic) bond motifs is 1. The molecule has 1 amide bonds. The second kappa shape index (κ2) is 4.42. The van der Waals surface area contributed by atoms with Crippen molar-refractivity contribution in [2.75, 3.05) is 0 Å². The first-order valence-electron chi connectivity index (χ1n) is 5.64. The van der Waals surface area contributed by atoms with Gasteiger partial charge in [-0.15, -0.1) is 11.6 Å². The molecule has 2 atom stereocenters. The number of hydrogen-bond donors (Lipinski definition) is 2. The fourth-order valence-corrected chi connectivity index (χ4v) is 2.61. The van der Waals surface area contributed by atoms with E-state index in [-0.39, 0.29) is 23.0 Å². The monoisotopic (exact) mass is 262 g/mol.